The molecule has 3 rings (SSSR count). The molecule has 0 saturated carbocycles. The molecule has 0 spiro atoms. The van der Waals surface area contributed by atoms with Gasteiger partial charge in [-0.3, -0.25) is 9.69 Å². The van der Waals surface area contributed by atoms with E-state index in [1.165, 1.54) is 10.4 Å². The van der Waals surface area contributed by atoms with E-state index in [2.05, 4.69) is 23.3 Å². The molecule has 0 fully saturated rings. The number of carbonyl (C=O) groups is 1. The second-order valence-corrected chi connectivity index (χ2v) is 6.53. The third-order valence-corrected chi connectivity index (χ3v) is 5.14. The number of amides is 1. The van der Waals surface area contributed by atoms with Gasteiger partial charge in [-0.2, -0.15) is 0 Å². The summed E-state index contributed by atoms with van der Waals surface area (Å²) >= 11 is 1.82. The maximum Gasteiger partial charge on any atom is 0.236 e. The van der Waals surface area contributed by atoms with Gasteiger partial charge in [-0.1, -0.05) is 0 Å². The lowest BCUT2D eigenvalue weighted by molar-refractivity contribution is -0.132. The summed E-state index contributed by atoms with van der Waals surface area (Å²) in [6.07, 6.45) is 2.69. The lowest BCUT2D eigenvalue weighted by Gasteiger charge is -2.34. The van der Waals surface area contributed by atoms with Crippen LogP contribution < -0.4 is 0 Å². The van der Waals surface area contributed by atoms with Crippen LogP contribution in [0.2, 0.25) is 0 Å². The van der Waals surface area contributed by atoms with Gasteiger partial charge in [0.1, 0.15) is 5.76 Å². The van der Waals surface area contributed by atoms with E-state index in [1.54, 1.807) is 11.2 Å². The van der Waals surface area contributed by atoms with Crippen molar-refractivity contribution in [3.63, 3.8) is 0 Å². The van der Waals surface area contributed by atoms with Crippen LogP contribution in [0, 0.1) is 0 Å². The molecule has 1 amide bonds. The van der Waals surface area contributed by atoms with E-state index in [1.807, 2.05) is 30.5 Å². The molecule has 1 aliphatic heterocycles. The van der Waals surface area contributed by atoms with Crippen LogP contribution in [0.1, 0.15) is 29.2 Å². The third-order valence-electron chi connectivity index (χ3n) is 4.14. The Labute approximate surface area is 129 Å². The molecule has 0 N–H and O–H groups in total. The van der Waals surface area contributed by atoms with Gasteiger partial charge < -0.3 is 9.32 Å². The van der Waals surface area contributed by atoms with Gasteiger partial charge in [-0.05, 0) is 42.5 Å². The van der Waals surface area contributed by atoms with Gasteiger partial charge in [0.25, 0.3) is 0 Å². The molecule has 1 atom stereocenters. The normalized spacial score (nSPS) is 18.5. The molecule has 0 aromatic carbocycles. The summed E-state index contributed by atoms with van der Waals surface area (Å²) in [6.45, 7) is 4.13. The van der Waals surface area contributed by atoms with Crippen molar-refractivity contribution in [3.8, 4) is 0 Å². The Bertz CT molecular complexity index is 606. The Morgan fingerprint density at radius 3 is 3.14 bits per heavy atom. The first kappa shape index (κ1) is 14.4. The molecule has 2 aromatic heterocycles. The van der Waals surface area contributed by atoms with E-state index in [4.69, 9.17) is 4.42 Å². The van der Waals surface area contributed by atoms with E-state index in [-0.39, 0.29) is 5.91 Å². The van der Waals surface area contributed by atoms with Gasteiger partial charge in [0, 0.05) is 24.5 Å². The van der Waals surface area contributed by atoms with Crippen molar-refractivity contribution in [2.75, 3.05) is 20.1 Å². The Kier molecular flexibility index (Phi) is 4.12. The molecule has 0 unspecified atom stereocenters. The fourth-order valence-electron chi connectivity index (χ4n) is 2.80. The molecular formula is C16H20N2O2S. The Morgan fingerprint density at radius 2 is 2.38 bits per heavy atom. The number of hydrogen-bond donors (Lipinski definition) is 0. The van der Waals surface area contributed by atoms with Crippen LogP contribution >= 0.6 is 11.3 Å². The Hall–Kier alpha value is -1.59. The van der Waals surface area contributed by atoms with E-state index >= 15 is 0 Å². The van der Waals surface area contributed by atoms with Crippen molar-refractivity contribution in [3.05, 3.63) is 46.0 Å². The quantitative estimate of drug-likeness (QED) is 0.871. The number of carbonyl (C=O) groups excluding carboxylic acids is 1. The highest BCUT2D eigenvalue weighted by atomic mass is 32.1. The van der Waals surface area contributed by atoms with Crippen LogP contribution in [0.4, 0.5) is 0 Å². The summed E-state index contributed by atoms with van der Waals surface area (Å²) in [5.41, 5.74) is 1.38. The molecule has 21 heavy (non-hydrogen) atoms. The van der Waals surface area contributed by atoms with Crippen LogP contribution in [0.3, 0.4) is 0 Å². The van der Waals surface area contributed by atoms with Crippen LogP contribution in [-0.2, 0) is 17.8 Å². The largest absolute Gasteiger partial charge is 0.467 e. The fourth-order valence-corrected chi connectivity index (χ4v) is 3.76. The van der Waals surface area contributed by atoms with Crippen LogP contribution in [0.25, 0.3) is 0 Å². The summed E-state index contributed by atoms with van der Waals surface area (Å²) in [5.74, 6) is 0.953. The van der Waals surface area contributed by atoms with Crippen molar-refractivity contribution in [1.82, 2.24) is 9.80 Å². The van der Waals surface area contributed by atoms with Crippen molar-refractivity contribution >= 4 is 17.2 Å². The first-order chi connectivity index (χ1) is 10.1. The van der Waals surface area contributed by atoms with Gasteiger partial charge in [0.05, 0.1) is 19.4 Å². The second kappa shape index (κ2) is 6.03. The standard InChI is InChI=1S/C16H20N2O2S/c1-12-14-6-9-21-15(14)5-7-18(12)11-16(19)17(2)10-13-4-3-8-20-13/h3-4,6,8-9,12H,5,7,10-11H2,1-2H3/t12-/m1/s1. The van der Waals surface area contributed by atoms with Gasteiger partial charge in [-0.15, -0.1) is 11.3 Å². The van der Waals surface area contributed by atoms with E-state index < -0.39 is 0 Å². The predicted octanol–water partition coefficient (Wildman–Crippen LogP) is 2.92. The Balaban J connectivity index is 1.60. The van der Waals surface area contributed by atoms with Crippen LogP contribution in [0.5, 0.6) is 0 Å². The first-order valence-corrected chi connectivity index (χ1v) is 8.10. The number of likely N-dealkylation sites (N-methyl/N-ethyl adjacent to an activating group) is 1. The zero-order chi connectivity index (χ0) is 14.8. The average molecular weight is 304 g/mol. The lowest BCUT2D eigenvalue weighted by Crippen LogP contribution is -2.41. The van der Waals surface area contributed by atoms with Crippen LogP contribution in [0.15, 0.2) is 34.3 Å². The van der Waals surface area contributed by atoms with E-state index in [0.29, 0.717) is 19.1 Å². The maximum atomic E-state index is 12.4. The molecule has 4 nitrogen and oxygen atoms in total. The van der Waals surface area contributed by atoms with Gasteiger partial charge >= 0.3 is 0 Å². The van der Waals surface area contributed by atoms with Crippen molar-refractivity contribution in [2.45, 2.75) is 25.9 Å². The molecule has 112 valence electrons. The molecule has 0 bridgehead atoms. The molecule has 1 aliphatic rings. The van der Waals surface area contributed by atoms with Crippen LogP contribution in [-0.4, -0.2) is 35.8 Å². The van der Waals surface area contributed by atoms with Gasteiger partial charge in [0.2, 0.25) is 5.91 Å². The predicted molar refractivity (Wildman–Crippen MR) is 83.2 cm³/mol. The number of furan rings is 1. The highest BCUT2D eigenvalue weighted by Gasteiger charge is 2.27. The Morgan fingerprint density at radius 1 is 1.52 bits per heavy atom. The van der Waals surface area contributed by atoms with Crippen molar-refractivity contribution in [1.29, 1.82) is 0 Å². The van der Waals surface area contributed by atoms with Gasteiger partial charge in [-0.25, -0.2) is 0 Å². The number of rotatable bonds is 4. The van der Waals surface area contributed by atoms with E-state index in [9.17, 15) is 4.79 Å². The third kappa shape index (κ3) is 3.04. The topological polar surface area (TPSA) is 36.7 Å². The lowest BCUT2D eigenvalue weighted by atomic mass is 10.0. The van der Waals surface area contributed by atoms with Crippen molar-refractivity contribution in [2.24, 2.45) is 0 Å². The number of nitrogens with zero attached hydrogens (tertiary/aromatic N) is 2. The molecule has 0 saturated heterocycles. The molecule has 2 aromatic rings. The van der Waals surface area contributed by atoms with Crippen molar-refractivity contribution < 1.29 is 9.21 Å². The second-order valence-electron chi connectivity index (χ2n) is 5.52. The zero-order valence-corrected chi connectivity index (χ0v) is 13.2. The minimum absolute atomic E-state index is 0.136. The summed E-state index contributed by atoms with van der Waals surface area (Å²) in [6, 6.07) is 6.25. The summed E-state index contributed by atoms with van der Waals surface area (Å²) < 4.78 is 5.30. The molecule has 0 aliphatic carbocycles. The maximum absolute atomic E-state index is 12.4. The number of thiophene rings is 1. The summed E-state index contributed by atoms with van der Waals surface area (Å²) in [4.78, 5) is 17.8. The highest BCUT2D eigenvalue weighted by Crippen LogP contribution is 2.32. The zero-order valence-electron chi connectivity index (χ0n) is 12.4. The highest BCUT2D eigenvalue weighted by molar-refractivity contribution is 7.10. The minimum atomic E-state index is 0.136. The smallest absolute Gasteiger partial charge is 0.236 e. The molecule has 3 heterocycles. The summed E-state index contributed by atoms with van der Waals surface area (Å²) in [7, 11) is 1.83. The first-order valence-electron chi connectivity index (χ1n) is 7.22. The minimum Gasteiger partial charge on any atom is -0.467 e. The molecular weight excluding hydrogens is 284 g/mol. The molecule has 0 radical (unpaired) electrons. The molecule has 5 heteroatoms. The van der Waals surface area contributed by atoms with Gasteiger partial charge in [0.15, 0.2) is 0 Å². The number of hydrogen-bond acceptors (Lipinski definition) is 4. The average Bonchev–Trinajstić information content (AvgIpc) is 3.12. The fraction of sp³-hybridized carbons (Fsp3) is 0.438. The monoisotopic (exact) mass is 304 g/mol. The summed E-state index contributed by atoms with van der Waals surface area (Å²) in [5, 5.41) is 2.15. The SMILES string of the molecule is C[C@@H]1c2ccsc2CCN1CC(=O)N(C)Cc1ccco1. The number of fused-ring (bicyclic) bond motifs is 1. The van der Waals surface area contributed by atoms with E-state index in [0.717, 1.165) is 18.7 Å².